The van der Waals surface area contributed by atoms with Crippen molar-refractivity contribution >= 4 is 37.4 Å². The molecule has 26 heavy (non-hydrogen) atoms. The fraction of sp³-hybridized carbons (Fsp3) is 0.263. The summed E-state index contributed by atoms with van der Waals surface area (Å²) in [5, 5.41) is 12.1. The van der Waals surface area contributed by atoms with E-state index < -0.39 is 15.3 Å². The number of amides is 1. The molecule has 0 aliphatic heterocycles. The van der Waals surface area contributed by atoms with Crippen LogP contribution >= 0.6 is 15.9 Å². The number of anilines is 1. The van der Waals surface area contributed by atoms with Crippen LogP contribution in [0.25, 0.3) is 0 Å². The van der Waals surface area contributed by atoms with Crippen LogP contribution in [0.1, 0.15) is 25.7 Å². The third-order valence-electron chi connectivity index (χ3n) is 4.65. The van der Waals surface area contributed by atoms with Crippen molar-refractivity contribution < 1.29 is 13.2 Å². The van der Waals surface area contributed by atoms with E-state index in [0.717, 1.165) is 17.3 Å². The van der Waals surface area contributed by atoms with Crippen LogP contribution in [0.2, 0.25) is 0 Å². The van der Waals surface area contributed by atoms with E-state index in [2.05, 4.69) is 27.3 Å². The fourth-order valence-electron chi connectivity index (χ4n) is 3.09. The molecule has 0 heterocycles. The number of hydrogen-bond acceptors (Lipinski definition) is 4. The summed E-state index contributed by atoms with van der Waals surface area (Å²) in [6, 6.07) is 14.6. The van der Waals surface area contributed by atoms with E-state index in [1.807, 2.05) is 0 Å². The van der Waals surface area contributed by atoms with Crippen molar-refractivity contribution in [1.82, 2.24) is 0 Å². The maximum Gasteiger partial charge on any atom is 0.244 e. The largest absolute Gasteiger partial charge is 0.325 e. The number of carbonyl (C=O) groups excluding carboxylic acids is 1. The summed E-state index contributed by atoms with van der Waals surface area (Å²) < 4.78 is 26.1. The minimum absolute atomic E-state index is 0.147. The van der Waals surface area contributed by atoms with Gasteiger partial charge >= 0.3 is 0 Å². The van der Waals surface area contributed by atoms with Crippen molar-refractivity contribution in [2.24, 2.45) is 5.41 Å². The second-order valence-corrected chi connectivity index (χ2v) is 9.20. The maximum atomic E-state index is 12.6. The SMILES string of the molecule is N#CC1(C(=O)Nc2ccc(S(=O)(=O)c3ccc(Br)cc3)cc2)CCCC1. The third kappa shape index (κ3) is 3.53. The summed E-state index contributed by atoms with van der Waals surface area (Å²) in [6.45, 7) is 0. The summed E-state index contributed by atoms with van der Waals surface area (Å²) in [4.78, 5) is 12.8. The highest BCUT2D eigenvalue weighted by Crippen LogP contribution is 2.38. The number of hydrogen-bond donors (Lipinski definition) is 1. The van der Waals surface area contributed by atoms with Gasteiger partial charge in [-0.2, -0.15) is 5.26 Å². The summed E-state index contributed by atoms with van der Waals surface area (Å²) >= 11 is 3.28. The molecule has 1 amide bonds. The van der Waals surface area contributed by atoms with Gasteiger partial charge in [0, 0.05) is 10.2 Å². The fourth-order valence-corrected chi connectivity index (χ4v) is 4.61. The van der Waals surface area contributed by atoms with Crippen LogP contribution in [0.3, 0.4) is 0 Å². The van der Waals surface area contributed by atoms with E-state index in [4.69, 9.17) is 0 Å². The Balaban J connectivity index is 1.79. The van der Waals surface area contributed by atoms with Crippen LogP contribution in [0.5, 0.6) is 0 Å². The summed E-state index contributed by atoms with van der Waals surface area (Å²) in [7, 11) is -3.62. The van der Waals surface area contributed by atoms with Gasteiger partial charge in [-0.15, -0.1) is 0 Å². The lowest BCUT2D eigenvalue weighted by atomic mass is 9.87. The van der Waals surface area contributed by atoms with E-state index in [0.29, 0.717) is 18.5 Å². The Kier molecular flexibility index (Phi) is 5.17. The quantitative estimate of drug-likeness (QED) is 0.779. The van der Waals surface area contributed by atoms with E-state index >= 15 is 0 Å². The summed E-state index contributed by atoms with van der Waals surface area (Å²) in [6.07, 6.45) is 2.85. The summed E-state index contributed by atoms with van der Waals surface area (Å²) in [5.74, 6) is -0.319. The van der Waals surface area contributed by atoms with E-state index in [1.54, 1.807) is 24.3 Å². The second-order valence-electron chi connectivity index (χ2n) is 6.34. The highest BCUT2D eigenvalue weighted by molar-refractivity contribution is 9.10. The van der Waals surface area contributed by atoms with Gasteiger partial charge in [0.2, 0.25) is 15.7 Å². The lowest BCUT2D eigenvalue weighted by Crippen LogP contribution is -2.32. The van der Waals surface area contributed by atoms with Crippen LogP contribution < -0.4 is 5.32 Å². The van der Waals surface area contributed by atoms with Gasteiger partial charge in [-0.05, 0) is 61.4 Å². The monoisotopic (exact) mass is 432 g/mol. The maximum absolute atomic E-state index is 12.6. The first-order valence-electron chi connectivity index (χ1n) is 8.21. The lowest BCUT2D eigenvalue weighted by Gasteiger charge is -2.19. The Hall–Kier alpha value is -2.17. The molecule has 1 saturated carbocycles. The number of rotatable bonds is 4. The molecular weight excluding hydrogens is 416 g/mol. The van der Waals surface area contributed by atoms with Gasteiger partial charge in [0.1, 0.15) is 5.41 Å². The van der Waals surface area contributed by atoms with E-state index in [-0.39, 0.29) is 15.7 Å². The first kappa shape index (κ1) is 18.6. The average molecular weight is 433 g/mol. The van der Waals surface area contributed by atoms with Crippen LogP contribution in [0, 0.1) is 16.7 Å². The second kappa shape index (κ2) is 7.22. The Morgan fingerprint density at radius 1 is 1.00 bits per heavy atom. The highest BCUT2D eigenvalue weighted by atomic mass is 79.9. The molecule has 0 unspecified atom stereocenters. The molecule has 0 aromatic heterocycles. The first-order chi connectivity index (χ1) is 12.4. The number of halogens is 1. The molecule has 3 rings (SSSR count). The molecule has 1 N–H and O–H groups in total. The average Bonchev–Trinajstić information content (AvgIpc) is 3.13. The highest BCUT2D eigenvalue weighted by Gasteiger charge is 2.41. The molecule has 134 valence electrons. The normalized spacial score (nSPS) is 16.0. The molecule has 0 saturated heterocycles. The van der Waals surface area contributed by atoms with Crippen LogP contribution in [-0.4, -0.2) is 14.3 Å². The van der Waals surface area contributed by atoms with E-state index in [1.165, 1.54) is 24.3 Å². The Labute approximate surface area is 161 Å². The predicted octanol–water partition coefficient (Wildman–Crippen LogP) is 4.30. The molecule has 0 atom stereocenters. The minimum Gasteiger partial charge on any atom is -0.325 e. The zero-order valence-electron chi connectivity index (χ0n) is 13.9. The molecule has 2 aromatic rings. The predicted molar refractivity (Wildman–Crippen MR) is 101 cm³/mol. The lowest BCUT2D eigenvalue weighted by molar-refractivity contribution is -0.122. The molecule has 0 radical (unpaired) electrons. The van der Waals surface area contributed by atoms with Gasteiger partial charge in [0.15, 0.2) is 0 Å². The number of sulfone groups is 1. The Morgan fingerprint density at radius 2 is 1.50 bits per heavy atom. The van der Waals surface area contributed by atoms with Crippen LogP contribution in [0.4, 0.5) is 5.69 Å². The molecule has 2 aromatic carbocycles. The number of benzene rings is 2. The summed E-state index contributed by atoms with van der Waals surface area (Å²) in [5.41, 5.74) is -0.492. The van der Waals surface area contributed by atoms with Gasteiger partial charge < -0.3 is 5.32 Å². The van der Waals surface area contributed by atoms with Crippen molar-refractivity contribution in [3.8, 4) is 6.07 Å². The number of nitriles is 1. The third-order valence-corrected chi connectivity index (χ3v) is 6.97. The number of carbonyl (C=O) groups is 1. The number of nitrogens with one attached hydrogen (secondary N) is 1. The zero-order chi connectivity index (χ0) is 18.8. The van der Waals surface area contributed by atoms with Crippen molar-refractivity contribution in [3.63, 3.8) is 0 Å². The van der Waals surface area contributed by atoms with Crippen molar-refractivity contribution in [2.75, 3.05) is 5.32 Å². The molecule has 5 nitrogen and oxygen atoms in total. The topological polar surface area (TPSA) is 87.0 Å². The van der Waals surface area contributed by atoms with Crippen LogP contribution in [-0.2, 0) is 14.6 Å². The minimum atomic E-state index is -3.62. The molecule has 1 fully saturated rings. The Bertz CT molecular complexity index is 955. The van der Waals surface area contributed by atoms with Crippen LogP contribution in [0.15, 0.2) is 62.8 Å². The van der Waals surface area contributed by atoms with Gasteiger partial charge in [-0.1, -0.05) is 28.8 Å². The van der Waals surface area contributed by atoms with Crippen molar-refractivity contribution in [2.45, 2.75) is 35.5 Å². The molecule has 0 bridgehead atoms. The number of nitrogens with zero attached hydrogens (tertiary/aromatic N) is 1. The van der Waals surface area contributed by atoms with Crippen molar-refractivity contribution in [1.29, 1.82) is 5.26 Å². The van der Waals surface area contributed by atoms with Gasteiger partial charge in [-0.3, -0.25) is 4.79 Å². The standard InChI is InChI=1S/C19H17BrN2O3S/c20-14-3-7-16(8-4-14)26(24,25)17-9-5-15(6-10-17)22-18(23)19(13-21)11-1-2-12-19/h3-10H,1-2,11-12H2,(H,22,23). The van der Waals surface area contributed by atoms with E-state index in [9.17, 15) is 18.5 Å². The van der Waals surface area contributed by atoms with Gasteiger partial charge in [0.25, 0.3) is 0 Å². The molecule has 1 aliphatic rings. The molecule has 7 heteroatoms. The Morgan fingerprint density at radius 3 is 2.00 bits per heavy atom. The van der Waals surface area contributed by atoms with Crippen molar-refractivity contribution in [3.05, 3.63) is 53.0 Å². The molecule has 1 aliphatic carbocycles. The molecule has 0 spiro atoms. The van der Waals surface area contributed by atoms with Gasteiger partial charge in [0.05, 0.1) is 15.9 Å². The zero-order valence-corrected chi connectivity index (χ0v) is 16.3. The first-order valence-corrected chi connectivity index (χ1v) is 10.5. The van der Waals surface area contributed by atoms with Gasteiger partial charge in [-0.25, -0.2) is 8.42 Å². The smallest absolute Gasteiger partial charge is 0.244 e. The molecular formula is C19H17BrN2O3S.